The van der Waals surface area contributed by atoms with E-state index in [1.807, 2.05) is 0 Å². The van der Waals surface area contributed by atoms with Gasteiger partial charge in [-0.3, -0.25) is 19.9 Å². The highest BCUT2D eigenvalue weighted by Crippen LogP contribution is 2.33. The van der Waals surface area contributed by atoms with Gasteiger partial charge in [0.05, 0.1) is 12.1 Å². The molecule has 1 aliphatic rings. The van der Waals surface area contributed by atoms with Gasteiger partial charge < -0.3 is 35.8 Å². The number of benzene rings is 1. The molecule has 51 heavy (non-hydrogen) atoms. The average Bonchev–Trinajstić information content (AvgIpc) is 3.47. The molecular weight excluding hydrogens is 737 g/mol. The van der Waals surface area contributed by atoms with Gasteiger partial charge in [0.25, 0.3) is 17.9 Å². The number of nitrogens with zero attached hydrogens (tertiary/aromatic N) is 4. The van der Waals surface area contributed by atoms with Gasteiger partial charge in [-0.05, 0) is 43.5 Å². The van der Waals surface area contributed by atoms with Gasteiger partial charge in [-0.1, -0.05) is 5.16 Å². The molecule has 3 atom stereocenters. The number of anilines is 2. The molecule has 0 unspecified atom stereocenters. The van der Waals surface area contributed by atoms with Gasteiger partial charge in [0, 0.05) is 17.0 Å². The van der Waals surface area contributed by atoms with Crippen molar-refractivity contribution in [3.8, 4) is 5.75 Å². The van der Waals surface area contributed by atoms with E-state index in [0.29, 0.717) is 15.8 Å². The molecule has 25 heteroatoms. The molecule has 0 aliphatic carbocycles. The van der Waals surface area contributed by atoms with Crippen LogP contribution in [-0.4, -0.2) is 106 Å². The fourth-order valence-electron chi connectivity index (χ4n) is 4.29. The molecule has 8 N–H and O–H groups in total. The number of alkyl halides is 3. The lowest BCUT2D eigenvalue weighted by molar-refractivity contribution is -0.218. The van der Waals surface area contributed by atoms with E-state index in [2.05, 4.69) is 34.8 Å². The molecule has 0 spiro atoms. The number of aliphatic carboxylic acids is 1. The number of amides is 2. The third kappa shape index (κ3) is 9.45. The van der Waals surface area contributed by atoms with Crippen LogP contribution in [0.2, 0.25) is 0 Å². The van der Waals surface area contributed by atoms with E-state index in [1.165, 1.54) is 43.6 Å². The van der Waals surface area contributed by atoms with Crippen molar-refractivity contribution in [2.24, 2.45) is 10.9 Å². The van der Waals surface area contributed by atoms with Crippen molar-refractivity contribution in [1.29, 1.82) is 0 Å². The topological polar surface area (TPSA) is 297 Å². The first-order chi connectivity index (χ1) is 23.7. The molecule has 1 aromatic carbocycles. The molecule has 3 aromatic rings. The Morgan fingerprint density at radius 3 is 2.53 bits per heavy atom. The number of rotatable bonds is 15. The number of thiazole rings is 1. The van der Waals surface area contributed by atoms with Gasteiger partial charge in [-0.2, -0.15) is 26.7 Å². The first-order valence-corrected chi connectivity index (χ1v) is 16.2. The van der Waals surface area contributed by atoms with E-state index in [9.17, 15) is 45.9 Å². The lowest BCUT2D eigenvalue weighted by Gasteiger charge is -2.50. The Balaban J connectivity index is 1.45. The van der Waals surface area contributed by atoms with Crippen LogP contribution in [-0.2, 0) is 43.4 Å². The molecule has 3 heterocycles. The SMILES string of the molecule is CC1(C)[C@H](NC(=O)/C(=N\O[C@@H](COc2ccc3c(NC[C@@H](N)OC(=O)C(F)(F)F)nccc3c2)C(=O)O)c2csc(N)n2)C(=O)N1OS(=O)(=O)O. The number of hydrogen-bond donors (Lipinski definition) is 6. The smallest absolute Gasteiger partial charge is 0.489 e. The highest BCUT2D eigenvalue weighted by Gasteiger charge is 2.58. The van der Waals surface area contributed by atoms with Crippen molar-refractivity contribution in [2.75, 3.05) is 24.2 Å². The van der Waals surface area contributed by atoms with E-state index in [0.717, 1.165) is 11.3 Å². The Morgan fingerprint density at radius 2 is 1.94 bits per heavy atom. The number of nitrogens with one attached hydrogen (secondary N) is 2. The number of hydroxylamine groups is 2. The molecule has 1 saturated heterocycles. The first-order valence-electron chi connectivity index (χ1n) is 14.0. The van der Waals surface area contributed by atoms with Gasteiger partial charge in [0.15, 0.2) is 17.1 Å². The predicted octanol–water partition coefficient (Wildman–Crippen LogP) is 0.169. The number of pyridine rings is 1. The molecule has 2 aromatic heterocycles. The fraction of sp³-hybridized carbons (Fsp3) is 0.346. The molecule has 0 radical (unpaired) electrons. The number of carboxylic acids is 1. The minimum Gasteiger partial charge on any atom is -0.489 e. The second-order valence-corrected chi connectivity index (χ2v) is 12.7. The van der Waals surface area contributed by atoms with Crippen LogP contribution < -0.4 is 26.8 Å². The largest absolute Gasteiger partial charge is 0.490 e. The summed E-state index contributed by atoms with van der Waals surface area (Å²) in [6.45, 7) is 1.54. The number of oxime groups is 1. The molecule has 4 rings (SSSR count). The maximum absolute atomic E-state index is 13.2. The Kier molecular flexibility index (Phi) is 11.2. The summed E-state index contributed by atoms with van der Waals surface area (Å²) in [5, 5.41) is 20.9. The quantitative estimate of drug-likeness (QED) is 0.0300. The number of carbonyl (C=O) groups is 4. The fourth-order valence-corrected chi connectivity index (χ4v) is 5.29. The molecule has 20 nitrogen and oxygen atoms in total. The van der Waals surface area contributed by atoms with Crippen molar-refractivity contribution in [1.82, 2.24) is 20.3 Å². The number of hydrogen-bond acceptors (Lipinski definition) is 17. The standard InChI is InChI=1S/C26H27F3N8O12S2/c1-25(2)18(21(39)37(25)49-51(43,44)45)35-20(38)17(14-10-50-24(31)34-14)36-48-15(22(40)41)9-46-12-3-4-13-11(7-12)5-6-32-19(13)33-8-16(30)47-23(42)26(27,28)29/h3-7,10,15-16,18H,8-9,30H2,1-2H3,(H2,31,34)(H,32,33)(H,35,38)(H,40,41)(H,43,44,45)/b36-17-/t15-,16-,18+/m0/s1. The number of fused-ring (bicyclic) bond motifs is 1. The number of nitrogens with two attached hydrogens (primary N) is 2. The predicted molar refractivity (Wildman–Crippen MR) is 167 cm³/mol. The normalized spacial score (nSPS) is 17.2. The van der Waals surface area contributed by atoms with Gasteiger partial charge in [-0.15, -0.1) is 15.6 Å². The Labute approximate surface area is 288 Å². The number of ether oxygens (including phenoxy) is 2. The van der Waals surface area contributed by atoms with E-state index in [1.54, 1.807) is 6.07 Å². The maximum atomic E-state index is 13.2. The van der Waals surface area contributed by atoms with Crippen LogP contribution in [0, 0.1) is 0 Å². The summed E-state index contributed by atoms with van der Waals surface area (Å²) in [4.78, 5) is 61.9. The van der Waals surface area contributed by atoms with Crippen LogP contribution in [0.15, 0.2) is 41.0 Å². The van der Waals surface area contributed by atoms with Crippen LogP contribution in [0.1, 0.15) is 19.5 Å². The summed E-state index contributed by atoms with van der Waals surface area (Å²) in [7, 11) is -5.07. The van der Waals surface area contributed by atoms with Crippen LogP contribution >= 0.6 is 11.3 Å². The minimum absolute atomic E-state index is 0.00556. The number of nitrogen functional groups attached to an aromatic ring is 1. The number of halogens is 3. The van der Waals surface area contributed by atoms with Gasteiger partial charge in [-0.25, -0.2) is 19.6 Å². The van der Waals surface area contributed by atoms with Crippen molar-refractivity contribution in [3.63, 3.8) is 0 Å². The van der Waals surface area contributed by atoms with E-state index < -0.39 is 83.1 Å². The Morgan fingerprint density at radius 1 is 1.24 bits per heavy atom. The van der Waals surface area contributed by atoms with Crippen LogP contribution in [0.25, 0.3) is 10.8 Å². The Hall–Kier alpha value is -5.37. The van der Waals surface area contributed by atoms with Crippen LogP contribution in [0.3, 0.4) is 0 Å². The third-order valence-corrected chi connectivity index (χ3v) is 7.76. The highest BCUT2D eigenvalue weighted by atomic mass is 32.3. The molecule has 1 aliphatic heterocycles. The van der Waals surface area contributed by atoms with Crippen molar-refractivity contribution < 1.29 is 69.0 Å². The number of esters is 1. The zero-order chi connectivity index (χ0) is 37.9. The summed E-state index contributed by atoms with van der Waals surface area (Å²) < 4.78 is 82.3. The van der Waals surface area contributed by atoms with Gasteiger partial charge >= 0.3 is 28.5 Å². The number of carboxylic acid groups (broad SMARTS) is 1. The monoisotopic (exact) mass is 764 g/mol. The van der Waals surface area contributed by atoms with Gasteiger partial charge in [0.1, 0.15) is 29.9 Å². The number of β-lactam (4-membered cyclic amide) rings is 1. The lowest BCUT2D eigenvalue weighted by atomic mass is 9.84. The van der Waals surface area contributed by atoms with Crippen molar-refractivity contribution in [2.45, 2.75) is 43.9 Å². The lowest BCUT2D eigenvalue weighted by Crippen LogP contribution is -2.76. The maximum Gasteiger partial charge on any atom is 0.490 e. The summed E-state index contributed by atoms with van der Waals surface area (Å²) in [5.41, 5.74) is 8.84. The molecule has 0 bridgehead atoms. The zero-order valence-corrected chi connectivity index (χ0v) is 27.6. The van der Waals surface area contributed by atoms with E-state index in [4.69, 9.17) is 25.6 Å². The molecule has 1 fully saturated rings. The summed E-state index contributed by atoms with van der Waals surface area (Å²) in [5.74, 6) is -5.88. The van der Waals surface area contributed by atoms with E-state index in [-0.39, 0.29) is 22.4 Å². The Bertz CT molecular complexity index is 1980. The highest BCUT2D eigenvalue weighted by molar-refractivity contribution is 7.80. The molecule has 0 saturated carbocycles. The zero-order valence-electron chi connectivity index (χ0n) is 26.0. The second-order valence-electron chi connectivity index (χ2n) is 10.8. The van der Waals surface area contributed by atoms with Crippen LogP contribution in [0.5, 0.6) is 5.75 Å². The average molecular weight is 765 g/mol. The first kappa shape index (κ1) is 38.4. The van der Waals surface area contributed by atoms with Crippen LogP contribution in [0.4, 0.5) is 24.1 Å². The summed E-state index contributed by atoms with van der Waals surface area (Å²) >= 11 is 0.897. The molecule has 276 valence electrons. The van der Waals surface area contributed by atoms with Crippen molar-refractivity contribution >= 4 is 72.9 Å². The second kappa shape index (κ2) is 14.9. The minimum atomic E-state index is -5.22. The number of aromatic nitrogens is 2. The summed E-state index contributed by atoms with van der Waals surface area (Å²) in [6, 6.07) is 4.51. The number of carbonyl (C=O) groups excluding carboxylic acids is 3. The van der Waals surface area contributed by atoms with E-state index >= 15 is 0 Å². The summed E-state index contributed by atoms with van der Waals surface area (Å²) in [6.07, 6.45) is -7.36. The third-order valence-electron chi connectivity index (χ3n) is 6.75. The van der Waals surface area contributed by atoms with Gasteiger partial charge in [0.2, 0.25) is 0 Å². The van der Waals surface area contributed by atoms with Crippen molar-refractivity contribution in [3.05, 3.63) is 41.5 Å². The molecular formula is C26H27F3N8O12S2. The molecule has 2 amide bonds.